The quantitative estimate of drug-likeness (QED) is 0.257. The Morgan fingerprint density at radius 2 is 1.86 bits per heavy atom. The van der Waals surface area contributed by atoms with Gasteiger partial charge in [0.25, 0.3) is 0 Å². The van der Waals surface area contributed by atoms with Crippen molar-refractivity contribution in [3.05, 3.63) is 21.6 Å². The number of ether oxygens (including phenoxy) is 1. The Kier molecular flexibility index (Phi) is 8.35. The Morgan fingerprint density at radius 3 is 2.19 bits per heavy atom. The molecule has 0 unspecified atom stereocenters. The molecule has 0 aliphatic heterocycles. The molecule has 1 rings (SSSR count). The lowest BCUT2D eigenvalue weighted by Crippen LogP contribution is -2.25. The van der Waals surface area contributed by atoms with Crippen molar-refractivity contribution < 1.29 is 19.5 Å². The van der Waals surface area contributed by atoms with E-state index in [1.165, 1.54) is 6.92 Å². The Morgan fingerprint density at radius 1 is 1.38 bits per heavy atom. The molecular formula is C10H21FN6O4. The number of aromatic nitrogens is 1. The molecule has 10 nitrogen and oxygen atoms in total. The molecule has 9 N–H and O–H groups in total. The summed E-state index contributed by atoms with van der Waals surface area (Å²) in [5, 5.41) is 11.0. The van der Waals surface area contributed by atoms with Gasteiger partial charge in [-0.2, -0.15) is 9.37 Å². The number of halogens is 1. The van der Waals surface area contributed by atoms with Crippen molar-refractivity contribution in [2.45, 2.75) is 33.3 Å². The number of nitrogen functional groups attached to an aromatic ring is 1. The smallest absolute Gasteiger partial charge is 0.354 e. The van der Waals surface area contributed by atoms with Crippen molar-refractivity contribution in [2.24, 2.45) is 17.5 Å². The van der Waals surface area contributed by atoms with Crippen molar-refractivity contribution in [1.29, 1.82) is 0 Å². The van der Waals surface area contributed by atoms with E-state index in [-0.39, 0.29) is 22.6 Å². The molecule has 0 radical (unpaired) electrons. The second-order valence-electron chi connectivity index (χ2n) is 4.67. The second kappa shape index (κ2) is 8.26. The van der Waals surface area contributed by atoms with Crippen LogP contribution < -0.4 is 27.7 Å². The molecule has 0 bridgehead atoms. The highest BCUT2D eigenvalue weighted by Crippen LogP contribution is 2.38. The maximum absolute atomic E-state index is 13.5. The van der Waals surface area contributed by atoms with Gasteiger partial charge in [0.05, 0.1) is 10.5 Å². The third-order valence-corrected chi connectivity index (χ3v) is 2.03. The van der Waals surface area contributed by atoms with E-state index in [0.717, 1.165) is 0 Å². The van der Waals surface area contributed by atoms with Crippen LogP contribution in [0.1, 0.15) is 26.3 Å². The van der Waals surface area contributed by atoms with Gasteiger partial charge in [0.1, 0.15) is 5.60 Å². The molecule has 0 aromatic carbocycles. The fraction of sp³-hybridized carbons (Fsp3) is 0.500. The van der Waals surface area contributed by atoms with Crippen LogP contribution in [-0.4, -0.2) is 21.0 Å². The summed E-state index contributed by atoms with van der Waals surface area (Å²) in [5.41, 5.74) is 0.773. The minimum absolute atomic E-state index is 0. The maximum Gasteiger partial charge on any atom is 0.354 e. The largest absolute Gasteiger partial charge is 0.481 e. The lowest BCUT2D eigenvalue weighted by Gasteiger charge is -2.22. The zero-order chi connectivity index (χ0) is 16.1. The molecule has 0 spiro atoms. The van der Waals surface area contributed by atoms with E-state index in [9.17, 15) is 14.5 Å². The molecule has 0 saturated carbocycles. The van der Waals surface area contributed by atoms with E-state index in [1.54, 1.807) is 20.8 Å². The average molecular weight is 308 g/mol. The molecular weight excluding hydrogens is 287 g/mol. The van der Waals surface area contributed by atoms with Gasteiger partial charge in [-0.05, 0) is 27.7 Å². The summed E-state index contributed by atoms with van der Waals surface area (Å²) in [6, 6.07) is 0. The summed E-state index contributed by atoms with van der Waals surface area (Å²) >= 11 is 0. The summed E-state index contributed by atoms with van der Waals surface area (Å²) in [7, 11) is 0. The molecule has 0 aliphatic carbocycles. The lowest BCUT2D eigenvalue weighted by molar-refractivity contribution is -0.385. The Balaban J connectivity index is 0. The lowest BCUT2D eigenvalue weighted by atomic mass is 10.1. The van der Waals surface area contributed by atoms with Gasteiger partial charge < -0.3 is 15.6 Å². The number of hydrogen-bond acceptors (Lipinski definition) is 8. The zero-order valence-corrected chi connectivity index (χ0v) is 12.2. The number of nitrogens with two attached hydrogens (primary N) is 3. The topological polar surface area (TPSA) is 187 Å². The van der Waals surface area contributed by atoms with Crippen LogP contribution in [0.25, 0.3) is 0 Å². The summed E-state index contributed by atoms with van der Waals surface area (Å²) < 4.78 is 19.0. The first-order chi connectivity index (χ1) is 9.17. The number of pyridine rings is 1. The molecule has 0 fully saturated rings. The van der Waals surface area contributed by atoms with Gasteiger partial charge in [0.15, 0.2) is 0 Å². The van der Waals surface area contributed by atoms with Crippen molar-refractivity contribution in [3.8, 4) is 5.75 Å². The maximum atomic E-state index is 13.5. The van der Waals surface area contributed by atoms with E-state index >= 15 is 0 Å². The normalized spacial score (nSPS) is 9.90. The third kappa shape index (κ3) is 5.43. The van der Waals surface area contributed by atoms with Crippen LogP contribution in [0.15, 0.2) is 0 Å². The van der Waals surface area contributed by atoms with Gasteiger partial charge in [-0.1, -0.05) is 0 Å². The van der Waals surface area contributed by atoms with Gasteiger partial charge in [-0.25, -0.2) is 5.84 Å². The number of nitrogens with zero attached hydrogens (tertiary/aromatic N) is 2. The van der Waals surface area contributed by atoms with Crippen molar-refractivity contribution >= 4 is 11.5 Å². The third-order valence-electron chi connectivity index (χ3n) is 2.03. The first kappa shape index (κ1) is 21.2. The summed E-state index contributed by atoms with van der Waals surface area (Å²) in [6.07, 6.45) is 0. The van der Waals surface area contributed by atoms with E-state index in [1.807, 2.05) is 5.43 Å². The highest BCUT2D eigenvalue weighted by Gasteiger charge is 2.30. The first-order valence-corrected chi connectivity index (χ1v) is 5.51. The first-order valence-electron chi connectivity index (χ1n) is 5.51. The molecule has 11 heteroatoms. The van der Waals surface area contributed by atoms with E-state index < -0.39 is 22.2 Å². The fourth-order valence-corrected chi connectivity index (χ4v) is 1.31. The standard InChI is InChI=1S/C10H15FN4O3.H4N2.H2O/c1-5-7(18-10(2,3)4)6(15(16)17)9(14-12)13-8(5)11;1-2;/h12H2,1-4H3,(H,13,14);1-2H2;1H2. The average Bonchev–Trinajstić information content (AvgIpc) is 2.35. The summed E-state index contributed by atoms with van der Waals surface area (Å²) in [4.78, 5) is 13.7. The van der Waals surface area contributed by atoms with Crippen LogP contribution in [0.2, 0.25) is 0 Å². The Labute approximate surface area is 120 Å². The molecule has 0 atom stereocenters. The number of hydrogen-bond donors (Lipinski definition) is 4. The van der Waals surface area contributed by atoms with Gasteiger partial charge >= 0.3 is 5.69 Å². The Hall–Kier alpha value is -2.08. The molecule has 1 aromatic rings. The van der Waals surface area contributed by atoms with E-state index in [0.29, 0.717) is 0 Å². The minimum Gasteiger partial charge on any atom is -0.481 e. The minimum atomic E-state index is -0.868. The van der Waals surface area contributed by atoms with E-state index in [4.69, 9.17) is 10.6 Å². The van der Waals surface area contributed by atoms with Gasteiger partial charge in [-0.3, -0.25) is 21.8 Å². The molecule has 0 saturated heterocycles. The molecule has 0 amide bonds. The molecule has 1 aromatic heterocycles. The summed E-state index contributed by atoms with van der Waals surface area (Å²) in [6.45, 7) is 6.45. The fourth-order valence-electron chi connectivity index (χ4n) is 1.31. The van der Waals surface area contributed by atoms with Crippen molar-refractivity contribution in [2.75, 3.05) is 5.43 Å². The number of hydrazine groups is 2. The predicted octanol–water partition coefficient (Wildman–Crippen LogP) is -0.106. The number of anilines is 1. The summed E-state index contributed by atoms with van der Waals surface area (Å²) in [5.74, 6) is 11.7. The highest BCUT2D eigenvalue weighted by molar-refractivity contribution is 5.66. The monoisotopic (exact) mass is 308 g/mol. The zero-order valence-electron chi connectivity index (χ0n) is 12.2. The number of nitrogens with one attached hydrogen (secondary N) is 1. The van der Waals surface area contributed by atoms with Crippen molar-refractivity contribution in [3.63, 3.8) is 0 Å². The van der Waals surface area contributed by atoms with Crippen LogP contribution >= 0.6 is 0 Å². The van der Waals surface area contributed by atoms with Crippen LogP contribution in [-0.2, 0) is 0 Å². The van der Waals surface area contributed by atoms with Gasteiger partial charge in [0.2, 0.25) is 17.5 Å². The number of nitro groups is 1. The predicted molar refractivity (Wildman–Crippen MR) is 75.8 cm³/mol. The SMILES string of the molecule is Cc1c(F)nc(NN)c([N+](=O)[O-])c1OC(C)(C)C.NN.O. The van der Waals surface area contributed by atoms with Crippen LogP contribution in [0.5, 0.6) is 5.75 Å². The number of rotatable bonds is 3. The highest BCUT2D eigenvalue weighted by atomic mass is 19.1. The molecule has 1 heterocycles. The Bertz CT molecular complexity index is 491. The molecule has 122 valence electrons. The molecule has 21 heavy (non-hydrogen) atoms. The van der Waals surface area contributed by atoms with Gasteiger partial charge in [-0.15, -0.1) is 0 Å². The van der Waals surface area contributed by atoms with Crippen LogP contribution in [0.3, 0.4) is 0 Å². The van der Waals surface area contributed by atoms with Crippen molar-refractivity contribution in [1.82, 2.24) is 4.98 Å². The molecule has 0 aliphatic rings. The van der Waals surface area contributed by atoms with E-state index in [2.05, 4.69) is 16.7 Å². The van der Waals surface area contributed by atoms with Crippen LogP contribution in [0, 0.1) is 23.0 Å². The van der Waals surface area contributed by atoms with Gasteiger partial charge in [0, 0.05) is 0 Å². The van der Waals surface area contributed by atoms with Crippen LogP contribution in [0.4, 0.5) is 15.9 Å². The second-order valence-corrected chi connectivity index (χ2v) is 4.67.